The van der Waals surface area contributed by atoms with E-state index in [-0.39, 0.29) is 11.2 Å². The van der Waals surface area contributed by atoms with Crippen molar-refractivity contribution < 1.29 is 9.53 Å². The molecular formula is C19H21N3O2S2. The van der Waals surface area contributed by atoms with E-state index in [9.17, 15) is 4.79 Å². The lowest BCUT2D eigenvalue weighted by atomic mass is 10.2. The number of amides is 1. The highest BCUT2D eigenvalue weighted by Crippen LogP contribution is 2.32. The molecule has 1 amide bonds. The van der Waals surface area contributed by atoms with Gasteiger partial charge in [-0.05, 0) is 35.6 Å². The molecule has 3 rings (SSSR count). The maximum absolute atomic E-state index is 12.8. The van der Waals surface area contributed by atoms with Gasteiger partial charge in [0.15, 0.2) is 5.17 Å². The normalized spacial score (nSPS) is 19.0. The van der Waals surface area contributed by atoms with Crippen LogP contribution in [0.5, 0.6) is 5.75 Å². The van der Waals surface area contributed by atoms with E-state index < -0.39 is 0 Å². The molecule has 0 bridgehead atoms. The molecule has 1 aromatic carbocycles. The number of nitrogens with zero attached hydrogens (tertiary/aromatic N) is 3. The minimum atomic E-state index is -0.0751. The third-order valence-electron chi connectivity index (χ3n) is 3.94. The van der Waals surface area contributed by atoms with Crippen LogP contribution in [0.3, 0.4) is 0 Å². The van der Waals surface area contributed by atoms with Crippen LogP contribution in [0, 0.1) is 0 Å². The Balaban J connectivity index is 1.78. The van der Waals surface area contributed by atoms with Crippen molar-refractivity contribution in [3.63, 3.8) is 0 Å². The predicted octanol–water partition coefficient (Wildman–Crippen LogP) is 4.39. The second-order valence-corrected chi connectivity index (χ2v) is 7.96. The van der Waals surface area contributed by atoms with Crippen LogP contribution in [-0.2, 0) is 11.3 Å². The summed E-state index contributed by atoms with van der Waals surface area (Å²) in [6.45, 7) is 2.58. The van der Waals surface area contributed by atoms with Crippen molar-refractivity contribution >= 4 is 40.4 Å². The number of benzene rings is 1. The Morgan fingerprint density at radius 3 is 2.73 bits per heavy atom. The molecule has 0 aliphatic carbocycles. The third kappa shape index (κ3) is 4.53. The van der Waals surface area contributed by atoms with Crippen LogP contribution in [0.25, 0.3) is 0 Å². The molecule has 0 saturated carbocycles. The molecule has 1 atom stereocenters. The molecule has 1 fully saturated rings. The molecule has 0 N–H and O–H groups in total. The number of carbonyl (C=O) groups is 1. The van der Waals surface area contributed by atoms with Gasteiger partial charge < -0.3 is 4.74 Å². The fraction of sp³-hybridized carbons (Fsp3) is 0.316. The first-order valence-electron chi connectivity index (χ1n) is 8.46. The van der Waals surface area contributed by atoms with Crippen molar-refractivity contribution in [3.05, 3.63) is 52.2 Å². The summed E-state index contributed by atoms with van der Waals surface area (Å²) < 4.78 is 5.19. The molecule has 1 saturated heterocycles. The summed E-state index contributed by atoms with van der Waals surface area (Å²) >= 11 is 3.11. The molecular weight excluding hydrogens is 366 g/mol. The highest BCUT2D eigenvalue weighted by Gasteiger charge is 2.37. The lowest BCUT2D eigenvalue weighted by Gasteiger charge is -2.16. The van der Waals surface area contributed by atoms with Crippen molar-refractivity contribution in [2.45, 2.75) is 31.6 Å². The van der Waals surface area contributed by atoms with E-state index in [4.69, 9.17) is 4.74 Å². The number of amidine groups is 1. The quantitative estimate of drug-likeness (QED) is 0.523. The smallest absolute Gasteiger partial charge is 0.242 e. The highest BCUT2D eigenvalue weighted by atomic mass is 32.2. The molecule has 26 heavy (non-hydrogen) atoms. The molecule has 1 aliphatic rings. The molecule has 1 aliphatic heterocycles. The molecule has 1 aromatic heterocycles. The van der Waals surface area contributed by atoms with Crippen molar-refractivity contribution in [1.29, 1.82) is 0 Å². The minimum Gasteiger partial charge on any atom is -0.497 e. The van der Waals surface area contributed by atoms with Crippen LogP contribution in [0.2, 0.25) is 0 Å². The van der Waals surface area contributed by atoms with E-state index in [2.05, 4.69) is 17.1 Å². The van der Waals surface area contributed by atoms with E-state index in [0.29, 0.717) is 11.7 Å². The molecule has 1 unspecified atom stereocenters. The zero-order valence-corrected chi connectivity index (χ0v) is 16.4. The zero-order chi connectivity index (χ0) is 18.4. The zero-order valence-electron chi connectivity index (χ0n) is 14.8. The first kappa shape index (κ1) is 18.7. The Kier molecular flexibility index (Phi) is 6.46. The number of methoxy groups -OCH3 is 1. The Bertz CT molecular complexity index is 786. The average Bonchev–Trinajstić information content (AvgIpc) is 3.27. The Labute approximate surface area is 161 Å². The summed E-state index contributed by atoms with van der Waals surface area (Å²) in [7, 11) is 1.64. The third-order valence-corrected chi connectivity index (χ3v) is 5.98. The van der Waals surface area contributed by atoms with E-state index in [0.717, 1.165) is 29.0 Å². The minimum absolute atomic E-state index is 0.0751. The molecule has 5 nitrogen and oxygen atoms in total. The van der Waals surface area contributed by atoms with Gasteiger partial charge >= 0.3 is 0 Å². The van der Waals surface area contributed by atoms with Gasteiger partial charge in [0, 0.05) is 4.88 Å². The van der Waals surface area contributed by atoms with Crippen molar-refractivity contribution in [1.82, 2.24) is 4.90 Å². The van der Waals surface area contributed by atoms with Crippen LogP contribution in [0.4, 0.5) is 0 Å². The standard InChI is InChI=1S/C19H21N3O2S2/c1-3-5-17-18(23)22(13-14-7-9-15(24-2)10-8-14)19(26-17)21-20-12-16-6-4-11-25-16/h4,6-12,17H,3,5,13H2,1-2H3/b20-12+,21-19-. The van der Waals surface area contributed by atoms with Gasteiger partial charge in [0.1, 0.15) is 5.75 Å². The van der Waals surface area contributed by atoms with Crippen molar-refractivity contribution in [2.24, 2.45) is 10.2 Å². The maximum Gasteiger partial charge on any atom is 0.242 e. The fourth-order valence-electron chi connectivity index (χ4n) is 2.59. The number of thiophene rings is 1. The van der Waals surface area contributed by atoms with E-state index in [1.807, 2.05) is 41.8 Å². The van der Waals surface area contributed by atoms with Gasteiger partial charge in [0.25, 0.3) is 0 Å². The van der Waals surface area contributed by atoms with Crippen LogP contribution in [0.1, 0.15) is 30.2 Å². The van der Waals surface area contributed by atoms with Crippen molar-refractivity contribution in [3.8, 4) is 5.75 Å². The summed E-state index contributed by atoms with van der Waals surface area (Å²) in [6.07, 6.45) is 3.53. The van der Waals surface area contributed by atoms with Gasteiger partial charge in [-0.2, -0.15) is 5.10 Å². The second kappa shape index (κ2) is 9.00. The van der Waals surface area contributed by atoms with Gasteiger partial charge in [-0.15, -0.1) is 16.4 Å². The number of ether oxygens (including phenoxy) is 1. The molecule has 0 radical (unpaired) electrons. The summed E-state index contributed by atoms with van der Waals surface area (Å²) in [5.74, 6) is 0.909. The number of thioether (sulfide) groups is 1. The van der Waals surface area contributed by atoms with Gasteiger partial charge in [-0.1, -0.05) is 43.3 Å². The first-order valence-corrected chi connectivity index (χ1v) is 10.2. The topological polar surface area (TPSA) is 54.3 Å². The lowest BCUT2D eigenvalue weighted by Crippen LogP contribution is -2.31. The number of rotatable bonds is 7. The summed E-state index contributed by atoms with van der Waals surface area (Å²) in [5, 5.41) is 11.1. The van der Waals surface area contributed by atoms with Gasteiger partial charge in [-0.3, -0.25) is 9.69 Å². The van der Waals surface area contributed by atoms with E-state index in [1.54, 1.807) is 29.6 Å². The van der Waals surface area contributed by atoms with Crippen LogP contribution >= 0.6 is 23.1 Å². The molecule has 136 valence electrons. The lowest BCUT2D eigenvalue weighted by molar-refractivity contribution is -0.126. The molecule has 2 heterocycles. The van der Waals surface area contributed by atoms with Crippen LogP contribution in [-0.4, -0.2) is 34.5 Å². The van der Waals surface area contributed by atoms with Gasteiger partial charge in [0.2, 0.25) is 5.91 Å². The largest absolute Gasteiger partial charge is 0.497 e. The maximum atomic E-state index is 12.8. The van der Waals surface area contributed by atoms with Crippen LogP contribution in [0.15, 0.2) is 52.0 Å². The SMILES string of the molecule is CCCC1S/C(=N\N=C\c2cccs2)N(Cc2ccc(OC)cc2)C1=O. The summed E-state index contributed by atoms with van der Waals surface area (Å²) in [5.41, 5.74) is 1.03. The Morgan fingerprint density at radius 1 is 1.27 bits per heavy atom. The van der Waals surface area contributed by atoms with E-state index >= 15 is 0 Å². The average molecular weight is 388 g/mol. The second-order valence-electron chi connectivity index (χ2n) is 5.81. The van der Waals surface area contributed by atoms with Crippen molar-refractivity contribution in [2.75, 3.05) is 7.11 Å². The molecule has 0 spiro atoms. The predicted molar refractivity (Wildman–Crippen MR) is 109 cm³/mol. The van der Waals surface area contributed by atoms with Crippen LogP contribution < -0.4 is 4.74 Å². The number of hydrogen-bond donors (Lipinski definition) is 0. The summed E-state index contributed by atoms with van der Waals surface area (Å²) in [4.78, 5) is 15.5. The van der Waals surface area contributed by atoms with E-state index in [1.165, 1.54) is 11.8 Å². The van der Waals surface area contributed by atoms with Gasteiger partial charge in [-0.25, -0.2) is 0 Å². The number of carbonyl (C=O) groups excluding carboxylic acids is 1. The van der Waals surface area contributed by atoms with Gasteiger partial charge in [0.05, 0.1) is 25.1 Å². The first-order chi connectivity index (χ1) is 12.7. The fourth-order valence-corrected chi connectivity index (χ4v) is 4.38. The Morgan fingerprint density at radius 2 is 2.08 bits per heavy atom. The summed E-state index contributed by atoms with van der Waals surface area (Å²) in [6, 6.07) is 11.7. The Hall–Kier alpha value is -2.12. The molecule has 2 aromatic rings. The number of hydrogen-bond acceptors (Lipinski definition) is 6. The monoisotopic (exact) mass is 387 g/mol. The molecule has 7 heteroatoms. The highest BCUT2D eigenvalue weighted by molar-refractivity contribution is 8.15.